The third-order valence-electron chi connectivity index (χ3n) is 4.15. The third kappa shape index (κ3) is 6.29. The van der Waals surface area contributed by atoms with Gasteiger partial charge in [-0.05, 0) is 52.2 Å². The Bertz CT molecular complexity index is 500. The summed E-state index contributed by atoms with van der Waals surface area (Å²) >= 11 is 0. The van der Waals surface area contributed by atoms with Crippen molar-refractivity contribution in [1.82, 2.24) is 0 Å². The first kappa shape index (κ1) is 19.6. The smallest absolute Gasteiger partial charge is 0.330 e. The standard InChI is InChI=1S/C18H28O5/c1-13-7-6-10-18(4,21)14(2)23-16(19)9-12-17(3,20)11-8-15(13)22-5/h7-9,11-12,14-15,20-21H,6,10H2,1-5H3. The van der Waals surface area contributed by atoms with E-state index in [-0.39, 0.29) is 6.10 Å². The monoisotopic (exact) mass is 324 g/mol. The first-order chi connectivity index (χ1) is 10.6. The van der Waals surface area contributed by atoms with E-state index in [4.69, 9.17) is 9.47 Å². The van der Waals surface area contributed by atoms with Crippen molar-refractivity contribution < 1.29 is 24.5 Å². The fourth-order valence-corrected chi connectivity index (χ4v) is 2.24. The van der Waals surface area contributed by atoms with E-state index in [0.29, 0.717) is 12.8 Å². The Morgan fingerprint density at radius 2 is 1.96 bits per heavy atom. The van der Waals surface area contributed by atoms with Crippen molar-refractivity contribution in [3.8, 4) is 0 Å². The molecule has 0 saturated carbocycles. The van der Waals surface area contributed by atoms with E-state index in [1.54, 1.807) is 40.0 Å². The maximum Gasteiger partial charge on any atom is 0.330 e. The van der Waals surface area contributed by atoms with E-state index in [1.165, 1.54) is 12.2 Å². The molecule has 0 aromatic carbocycles. The fraction of sp³-hybridized carbons (Fsp3) is 0.611. The molecule has 2 N–H and O–H groups in total. The molecule has 5 heteroatoms. The average Bonchev–Trinajstić information content (AvgIpc) is 2.44. The molecular formula is C18H28O5. The van der Waals surface area contributed by atoms with Gasteiger partial charge in [0.1, 0.15) is 6.10 Å². The number of methoxy groups -OCH3 is 1. The lowest BCUT2D eigenvalue weighted by atomic mass is 9.93. The Labute approximate surface area is 138 Å². The quantitative estimate of drug-likeness (QED) is 0.572. The lowest BCUT2D eigenvalue weighted by molar-refractivity contribution is -0.156. The number of carbonyl (C=O) groups excluding carboxylic acids is 1. The number of hydrogen-bond acceptors (Lipinski definition) is 5. The van der Waals surface area contributed by atoms with Crippen molar-refractivity contribution in [2.75, 3.05) is 7.11 Å². The highest BCUT2D eigenvalue weighted by Gasteiger charge is 2.30. The van der Waals surface area contributed by atoms with E-state index in [1.807, 2.05) is 13.0 Å². The summed E-state index contributed by atoms with van der Waals surface area (Å²) < 4.78 is 10.6. The molecule has 130 valence electrons. The molecule has 1 heterocycles. The minimum atomic E-state index is -1.30. The lowest BCUT2D eigenvalue weighted by Gasteiger charge is -2.29. The fourth-order valence-electron chi connectivity index (χ4n) is 2.24. The molecular weight excluding hydrogens is 296 g/mol. The van der Waals surface area contributed by atoms with Crippen LogP contribution in [0.4, 0.5) is 0 Å². The first-order valence-electron chi connectivity index (χ1n) is 7.81. The van der Waals surface area contributed by atoms with Crippen molar-refractivity contribution in [1.29, 1.82) is 0 Å². The van der Waals surface area contributed by atoms with Gasteiger partial charge in [-0.1, -0.05) is 18.2 Å². The van der Waals surface area contributed by atoms with E-state index in [2.05, 4.69) is 0 Å². The largest absolute Gasteiger partial charge is 0.456 e. The van der Waals surface area contributed by atoms with Gasteiger partial charge in [-0.15, -0.1) is 0 Å². The Morgan fingerprint density at radius 1 is 1.30 bits per heavy atom. The predicted octanol–water partition coefficient (Wildman–Crippen LogP) is 2.29. The van der Waals surface area contributed by atoms with Crippen LogP contribution in [0, 0.1) is 0 Å². The summed E-state index contributed by atoms with van der Waals surface area (Å²) in [6.45, 7) is 6.80. The van der Waals surface area contributed by atoms with Gasteiger partial charge in [0.05, 0.1) is 17.3 Å². The Morgan fingerprint density at radius 3 is 2.57 bits per heavy atom. The van der Waals surface area contributed by atoms with Crippen LogP contribution in [0.3, 0.4) is 0 Å². The summed E-state index contributed by atoms with van der Waals surface area (Å²) in [6, 6.07) is 0. The van der Waals surface area contributed by atoms with Crippen molar-refractivity contribution in [3.05, 3.63) is 36.0 Å². The molecule has 4 atom stereocenters. The number of ether oxygens (including phenoxy) is 2. The first-order valence-corrected chi connectivity index (χ1v) is 7.81. The highest BCUT2D eigenvalue weighted by Crippen LogP contribution is 2.22. The SMILES string of the molecule is COC1C=CC(C)(O)C=CC(=O)OC(C)C(C)(O)CCC=C1C. The molecule has 0 spiro atoms. The summed E-state index contributed by atoms with van der Waals surface area (Å²) in [5.74, 6) is -0.599. The highest BCUT2D eigenvalue weighted by atomic mass is 16.6. The van der Waals surface area contributed by atoms with Crippen LogP contribution in [0.5, 0.6) is 0 Å². The molecule has 0 aromatic rings. The molecule has 1 aliphatic rings. The van der Waals surface area contributed by atoms with E-state index >= 15 is 0 Å². The summed E-state index contributed by atoms with van der Waals surface area (Å²) in [4.78, 5) is 11.8. The number of rotatable bonds is 1. The average molecular weight is 324 g/mol. The van der Waals surface area contributed by atoms with Gasteiger partial charge in [0.15, 0.2) is 0 Å². The lowest BCUT2D eigenvalue weighted by Crippen LogP contribution is -2.40. The van der Waals surface area contributed by atoms with Crippen LogP contribution < -0.4 is 0 Å². The summed E-state index contributed by atoms with van der Waals surface area (Å²) in [5.41, 5.74) is -1.45. The van der Waals surface area contributed by atoms with Gasteiger partial charge >= 0.3 is 5.97 Å². The van der Waals surface area contributed by atoms with E-state index in [0.717, 1.165) is 5.57 Å². The zero-order valence-electron chi connectivity index (χ0n) is 14.6. The topological polar surface area (TPSA) is 76.0 Å². The molecule has 4 unspecified atom stereocenters. The molecule has 0 saturated heterocycles. The molecule has 0 amide bonds. The second kappa shape index (κ2) is 7.90. The molecule has 0 bridgehead atoms. The molecule has 0 radical (unpaired) electrons. The summed E-state index contributed by atoms with van der Waals surface area (Å²) in [6.07, 6.45) is 7.99. The Hall–Kier alpha value is -1.43. The molecule has 0 fully saturated rings. The third-order valence-corrected chi connectivity index (χ3v) is 4.15. The van der Waals surface area contributed by atoms with E-state index < -0.39 is 23.3 Å². The highest BCUT2D eigenvalue weighted by molar-refractivity contribution is 5.82. The number of esters is 1. The minimum absolute atomic E-state index is 0.271. The zero-order chi connectivity index (χ0) is 17.7. The van der Waals surface area contributed by atoms with Crippen LogP contribution in [0.15, 0.2) is 36.0 Å². The molecule has 0 aliphatic carbocycles. The molecule has 0 aromatic heterocycles. The number of carbonyl (C=O) groups is 1. The van der Waals surface area contributed by atoms with Crippen LogP contribution in [-0.4, -0.2) is 46.7 Å². The van der Waals surface area contributed by atoms with E-state index in [9.17, 15) is 15.0 Å². The second-order valence-electron chi connectivity index (χ2n) is 6.50. The Balaban J connectivity index is 3.13. The summed E-state index contributed by atoms with van der Waals surface area (Å²) in [5, 5.41) is 20.7. The summed E-state index contributed by atoms with van der Waals surface area (Å²) in [7, 11) is 1.59. The maximum absolute atomic E-state index is 11.8. The van der Waals surface area contributed by atoms with Gasteiger partial charge in [-0.3, -0.25) is 0 Å². The zero-order valence-corrected chi connectivity index (χ0v) is 14.6. The van der Waals surface area contributed by atoms with Crippen molar-refractivity contribution >= 4 is 5.97 Å². The van der Waals surface area contributed by atoms with Crippen molar-refractivity contribution in [2.45, 2.75) is 63.9 Å². The number of allylic oxidation sites excluding steroid dienone is 1. The normalized spacial score (nSPS) is 37.0. The van der Waals surface area contributed by atoms with Crippen molar-refractivity contribution in [3.63, 3.8) is 0 Å². The molecule has 1 rings (SSSR count). The van der Waals surface area contributed by atoms with Crippen molar-refractivity contribution in [2.24, 2.45) is 0 Å². The van der Waals surface area contributed by atoms with Gasteiger partial charge in [0, 0.05) is 13.2 Å². The second-order valence-corrected chi connectivity index (χ2v) is 6.50. The maximum atomic E-state index is 11.8. The molecule has 23 heavy (non-hydrogen) atoms. The van der Waals surface area contributed by atoms with Gasteiger partial charge in [0.2, 0.25) is 0 Å². The van der Waals surface area contributed by atoms with Crippen LogP contribution in [0.1, 0.15) is 40.5 Å². The van der Waals surface area contributed by atoms with Gasteiger partial charge in [-0.2, -0.15) is 0 Å². The van der Waals surface area contributed by atoms with Gasteiger partial charge < -0.3 is 19.7 Å². The van der Waals surface area contributed by atoms with Crippen LogP contribution in [-0.2, 0) is 14.3 Å². The van der Waals surface area contributed by atoms with Gasteiger partial charge in [-0.25, -0.2) is 4.79 Å². The molecule has 1 aliphatic heterocycles. The molecule has 5 nitrogen and oxygen atoms in total. The van der Waals surface area contributed by atoms with Crippen LogP contribution >= 0.6 is 0 Å². The number of hydrogen-bond donors (Lipinski definition) is 2. The number of cyclic esters (lactones) is 1. The van der Waals surface area contributed by atoms with Gasteiger partial charge in [0.25, 0.3) is 0 Å². The Kier molecular flexibility index (Phi) is 6.74. The van der Waals surface area contributed by atoms with Crippen LogP contribution in [0.2, 0.25) is 0 Å². The number of aliphatic hydroxyl groups is 2. The van der Waals surface area contributed by atoms with Crippen LogP contribution in [0.25, 0.3) is 0 Å². The predicted molar refractivity (Wildman–Crippen MR) is 88.9 cm³/mol. The minimum Gasteiger partial charge on any atom is -0.456 e.